The van der Waals surface area contributed by atoms with Crippen LogP contribution in [0, 0.1) is 0 Å². The predicted octanol–water partition coefficient (Wildman–Crippen LogP) is 4.72. The SMILES string of the molecule is CCOP(=S)(OCC)SP1Oc2ccccc2O1. The molecule has 4 nitrogen and oxygen atoms in total. The van der Waals surface area contributed by atoms with Gasteiger partial charge in [0.15, 0.2) is 11.5 Å². The van der Waals surface area contributed by atoms with E-state index in [0.717, 1.165) is 11.5 Å². The smallest absolute Gasteiger partial charge is 0.370 e. The fraction of sp³-hybridized carbons (Fsp3) is 0.400. The lowest BCUT2D eigenvalue weighted by atomic mass is 10.3. The lowest BCUT2D eigenvalue weighted by molar-refractivity contribution is 0.281. The molecule has 0 fully saturated rings. The Kier molecular flexibility index (Phi) is 5.31. The average molecular weight is 324 g/mol. The molecule has 1 aromatic carbocycles. The van der Waals surface area contributed by atoms with Crippen molar-refractivity contribution in [2.24, 2.45) is 0 Å². The maximum atomic E-state index is 5.70. The second-order valence-corrected chi connectivity index (χ2v) is 12.0. The van der Waals surface area contributed by atoms with Gasteiger partial charge in [0.05, 0.1) is 13.2 Å². The maximum absolute atomic E-state index is 5.70. The molecular formula is C10H14O4P2S2. The first-order valence-corrected chi connectivity index (χ1v) is 11.3. The van der Waals surface area contributed by atoms with Gasteiger partial charge in [-0.1, -0.05) is 12.1 Å². The fourth-order valence-corrected chi connectivity index (χ4v) is 10.1. The summed E-state index contributed by atoms with van der Waals surface area (Å²) in [7, 11) is -1.17. The zero-order chi connectivity index (χ0) is 13.0. The molecule has 2 rings (SSSR count). The van der Waals surface area contributed by atoms with Crippen LogP contribution in [-0.2, 0) is 20.9 Å². The van der Waals surface area contributed by atoms with E-state index in [-0.39, 0.29) is 0 Å². The molecule has 0 spiro atoms. The van der Waals surface area contributed by atoms with Crippen LogP contribution < -0.4 is 9.05 Å². The highest BCUT2D eigenvalue weighted by Crippen LogP contribution is 2.76. The molecule has 0 saturated carbocycles. The third-order valence-electron chi connectivity index (χ3n) is 1.94. The minimum absolute atomic E-state index is 0.528. The van der Waals surface area contributed by atoms with Crippen molar-refractivity contribution in [3.05, 3.63) is 24.3 Å². The van der Waals surface area contributed by atoms with E-state index in [2.05, 4.69) is 0 Å². The first-order valence-electron chi connectivity index (χ1n) is 5.51. The fourth-order valence-electron chi connectivity index (χ4n) is 1.30. The van der Waals surface area contributed by atoms with Crippen molar-refractivity contribution >= 4 is 36.1 Å². The minimum Gasteiger partial charge on any atom is -0.427 e. The first-order chi connectivity index (χ1) is 8.67. The summed E-state index contributed by atoms with van der Waals surface area (Å²) >= 11 is 6.80. The number of hydrogen-bond donors (Lipinski definition) is 0. The van der Waals surface area contributed by atoms with Crippen LogP contribution in [0.25, 0.3) is 0 Å². The van der Waals surface area contributed by atoms with Gasteiger partial charge >= 0.3 is 7.58 Å². The second-order valence-electron chi connectivity index (χ2n) is 3.22. The highest BCUT2D eigenvalue weighted by molar-refractivity contribution is 8.90. The molecule has 0 atom stereocenters. The van der Waals surface area contributed by atoms with Crippen LogP contribution in [0.15, 0.2) is 24.3 Å². The van der Waals surface area contributed by atoms with Gasteiger partial charge in [-0.05, 0) is 37.8 Å². The highest BCUT2D eigenvalue weighted by Gasteiger charge is 2.34. The Hall–Kier alpha value is 0.170. The summed E-state index contributed by atoms with van der Waals surface area (Å²) in [5.74, 6) is 1.51. The molecule has 100 valence electrons. The molecule has 0 bridgehead atoms. The average Bonchev–Trinajstić information content (AvgIpc) is 2.70. The number of benzene rings is 1. The van der Waals surface area contributed by atoms with Crippen LogP contribution >= 0.6 is 24.3 Å². The maximum Gasteiger partial charge on any atom is 0.370 e. The normalized spacial score (nSPS) is 15.0. The van der Waals surface area contributed by atoms with Gasteiger partial charge in [-0.15, -0.1) is 0 Å². The van der Waals surface area contributed by atoms with Gasteiger partial charge in [-0.3, -0.25) is 0 Å². The van der Waals surface area contributed by atoms with Crippen molar-refractivity contribution in [3.8, 4) is 11.5 Å². The highest BCUT2D eigenvalue weighted by atomic mass is 33.2. The Balaban J connectivity index is 2.01. The Morgan fingerprint density at radius 3 is 2.11 bits per heavy atom. The Bertz CT molecular complexity index is 422. The van der Waals surface area contributed by atoms with Gasteiger partial charge in [-0.2, -0.15) is 0 Å². The van der Waals surface area contributed by atoms with Crippen LogP contribution in [0.3, 0.4) is 0 Å². The van der Waals surface area contributed by atoms with Crippen molar-refractivity contribution in [1.82, 2.24) is 0 Å². The van der Waals surface area contributed by atoms with Crippen molar-refractivity contribution < 1.29 is 18.1 Å². The van der Waals surface area contributed by atoms with E-state index in [9.17, 15) is 0 Å². The third kappa shape index (κ3) is 3.60. The van der Waals surface area contributed by atoms with Crippen LogP contribution in [0.1, 0.15) is 13.8 Å². The lowest BCUT2D eigenvalue weighted by Crippen LogP contribution is -1.92. The van der Waals surface area contributed by atoms with E-state index < -0.39 is 13.3 Å². The molecular weight excluding hydrogens is 310 g/mol. The summed E-state index contributed by atoms with van der Waals surface area (Å²) in [5, 5.41) is 0. The van der Waals surface area contributed by atoms with E-state index in [4.69, 9.17) is 29.9 Å². The number of fused-ring (bicyclic) bond motifs is 1. The van der Waals surface area contributed by atoms with E-state index in [1.807, 2.05) is 38.1 Å². The van der Waals surface area contributed by atoms with E-state index in [1.165, 1.54) is 11.0 Å². The molecule has 0 aromatic heterocycles. The van der Waals surface area contributed by atoms with Crippen LogP contribution in [0.4, 0.5) is 0 Å². The molecule has 0 unspecified atom stereocenters. The molecule has 0 aliphatic carbocycles. The van der Waals surface area contributed by atoms with E-state index in [1.54, 1.807) is 0 Å². The van der Waals surface area contributed by atoms with Crippen LogP contribution in [0.5, 0.6) is 11.5 Å². The summed E-state index contributed by atoms with van der Waals surface area (Å²) < 4.78 is 22.5. The van der Waals surface area contributed by atoms with Gasteiger partial charge < -0.3 is 18.1 Å². The van der Waals surface area contributed by atoms with E-state index in [0.29, 0.717) is 13.2 Å². The lowest BCUT2D eigenvalue weighted by Gasteiger charge is -2.20. The Morgan fingerprint density at radius 2 is 1.67 bits per heavy atom. The molecule has 0 radical (unpaired) electrons. The van der Waals surface area contributed by atoms with Crippen LogP contribution in [-0.4, -0.2) is 13.2 Å². The van der Waals surface area contributed by atoms with Crippen LogP contribution in [0.2, 0.25) is 0 Å². The molecule has 1 aliphatic heterocycles. The molecule has 1 aromatic rings. The first kappa shape index (κ1) is 14.6. The van der Waals surface area contributed by atoms with Crippen molar-refractivity contribution in [2.75, 3.05) is 13.2 Å². The van der Waals surface area contributed by atoms with Gasteiger partial charge in [0.25, 0.3) is 5.69 Å². The van der Waals surface area contributed by atoms with Crippen molar-refractivity contribution in [1.29, 1.82) is 0 Å². The number of hydrogen-bond acceptors (Lipinski definition) is 6. The topological polar surface area (TPSA) is 36.9 Å². The Morgan fingerprint density at radius 1 is 1.17 bits per heavy atom. The van der Waals surface area contributed by atoms with Crippen molar-refractivity contribution in [3.63, 3.8) is 0 Å². The predicted molar refractivity (Wildman–Crippen MR) is 79.7 cm³/mol. The zero-order valence-electron chi connectivity index (χ0n) is 10.1. The molecule has 1 heterocycles. The minimum atomic E-state index is -2.37. The summed E-state index contributed by atoms with van der Waals surface area (Å²) in [5.41, 5.74) is -2.37. The van der Waals surface area contributed by atoms with Gasteiger partial charge in [-0.25, -0.2) is 0 Å². The quantitative estimate of drug-likeness (QED) is 0.705. The molecule has 0 saturated heterocycles. The second kappa shape index (κ2) is 6.56. The monoisotopic (exact) mass is 324 g/mol. The van der Waals surface area contributed by atoms with Crippen molar-refractivity contribution in [2.45, 2.75) is 13.8 Å². The van der Waals surface area contributed by atoms with Gasteiger partial charge in [0, 0.05) is 11.0 Å². The third-order valence-corrected chi connectivity index (χ3v) is 11.6. The van der Waals surface area contributed by atoms with Gasteiger partial charge in [0.1, 0.15) is 0 Å². The largest absolute Gasteiger partial charge is 0.427 e. The summed E-state index contributed by atoms with van der Waals surface area (Å²) in [6.07, 6.45) is 0. The summed E-state index contributed by atoms with van der Waals surface area (Å²) in [6.45, 7) is 4.86. The number of para-hydroxylation sites is 2. The molecule has 8 heteroatoms. The zero-order valence-corrected chi connectivity index (χ0v) is 13.5. The molecule has 0 N–H and O–H groups in total. The molecule has 1 aliphatic rings. The van der Waals surface area contributed by atoms with E-state index >= 15 is 0 Å². The van der Waals surface area contributed by atoms with Gasteiger partial charge in [0.2, 0.25) is 0 Å². The Labute approximate surface area is 117 Å². The summed E-state index contributed by atoms with van der Waals surface area (Å²) in [4.78, 5) is 0. The number of rotatable bonds is 6. The standard InChI is InChI=1S/C10H14O4P2S2/c1-3-11-16(17,12-4-2)18-15-13-9-7-5-6-8-10(9)14-15/h5-8H,3-4H2,1-2H3. The molecule has 18 heavy (non-hydrogen) atoms. The summed E-state index contributed by atoms with van der Waals surface area (Å²) in [6, 6.07) is 7.58. The molecule has 0 amide bonds.